The molecule has 7 nitrogen and oxygen atoms in total. The van der Waals surface area contributed by atoms with E-state index in [0.29, 0.717) is 24.4 Å². The fourth-order valence-electron chi connectivity index (χ4n) is 2.63. The Bertz CT molecular complexity index is 883. The summed E-state index contributed by atoms with van der Waals surface area (Å²) < 4.78 is 41.4. The van der Waals surface area contributed by atoms with Crippen LogP contribution in [0.2, 0.25) is 0 Å². The number of hydrogen-bond donors (Lipinski definition) is 1. The number of halogens is 1. The van der Waals surface area contributed by atoms with Gasteiger partial charge in [-0.2, -0.15) is 0 Å². The lowest BCUT2D eigenvalue weighted by Gasteiger charge is -2.09. The Morgan fingerprint density at radius 3 is 2.77 bits per heavy atom. The van der Waals surface area contributed by atoms with Crippen LogP contribution in [0.5, 0.6) is 0 Å². The first-order chi connectivity index (χ1) is 12.3. The second-order valence-electron chi connectivity index (χ2n) is 6.19. The third-order valence-electron chi connectivity index (χ3n) is 4.00. The normalized spacial score (nSPS) is 20.0. The summed E-state index contributed by atoms with van der Waals surface area (Å²) in [4.78, 5) is 12.2. The van der Waals surface area contributed by atoms with Crippen molar-refractivity contribution in [3.63, 3.8) is 0 Å². The number of aromatic nitrogens is 2. The molecule has 140 valence electrons. The van der Waals surface area contributed by atoms with Crippen molar-refractivity contribution in [3.05, 3.63) is 36.0 Å². The molecule has 1 aliphatic heterocycles. The monoisotopic (exact) mass is 399 g/mol. The maximum absolute atomic E-state index is 12.9. The van der Waals surface area contributed by atoms with Crippen LogP contribution in [0, 0.1) is 11.7 Å². The molecule has 0 spiro atoms. The van der Waals surface area contributed by atoms with Crippen LogP contribution < -0.4 is 5.32 Å². The van der Waals surface area contributed by atoms with E-state index < -0.39 is 15.1 Å². The largest absolute Gasteiger partial charge is 0.416 e. The van der Waals surface area contributed by atoms with E-state index in [1.165, 1.54) is 24.3 Å². The number of nitrogens with one attached hydrogen (secondary N) is 1. The minimum atomic E-state index is -2.94. The molecule has 26 heavy (non-hydrogen) atoms. The molecule has 1 aliphatic rings. The number of rotatable bonds is 6. The van der Waals surface area contributed by atoms with Crippen molar-refractivity contribution in [1.29, 1.82) is 0 Å². The highest BCUT2D eigenvalue weighted by Gasteiger charge is 2.29. The summed E-state index contributed by atoms with van der Waals surface area (Å²) in [5, 5.41) is 10.3. The predicted molar refractivity (Wildman–Crippen MR) is 95.1 cm³/mol. The number of thioether (sulfide) groups is 1. The van der Waals surface area contributed by atoms with E-state index in [-0.39, 0.29) is 34.4 Å². The zero-order chi connectivity index (χ0) is 18.7. The van der Waals surface area contributed by atoms with E-state index in [2.05, 4.69) is 15.5 Å². The standard InChI is InChI=1S/C16H18FN3O4S2/c1-10(15(21)18-13-4-2-12(17)3-5-13)25-16-20-19-14(24-16)8-11-6-7-26(22,23)9-11/h2-5,10-11H,6-9H2,1H3,(H,18,21). The molecular weight excluding hydrogens is 381 g/mol. The molecule has 2 heterocycles. The molecule has 1 N–H and O–H groups in total. The minimum absolute atomic E-state index is 0.00232. The number of carbonyl (C=O) groups is 1. The summed E-state index contributed by atoms with van der Waals surface area (Å²) in [6.07, 6.45) is 1.02. The molecule has 2 aromatic rings. The Morgan fingerprint density at radius 2 is 2.12 bits per heavy atom. The fourth-order valence-corrected chi connectivity index (χ4v) is 5.19. The molecular formula is C16H18FN3O4S2. The van der Waals surface area contributed by atoms with Crippen molar-refractivity contribution in [3.8, 4) is 0 Å². The van der Waals surface area contributed by atoms with Crippen molar-refractivity contribution in [2.45, 2.75) is 30.2 Å². The third-order valence-corrected chi connectivity index (χ3v) is 6.77. The predicted octanol–water partition coefficient (Wildman–Crippen LogP) is 2.31. The first-order valence-electron chi connectivity index (χ1n) is 8.06. The number of benzene rings is 1. The van der Waals surface area contributed by atoms with Crippen LogP contribution in [0.3, 0.4) is 0 Å². The van der Waals surface area contributed by atoms with E-state index >= 15 is 0 Å². The highest BCUT2D eigenvalue weighted by Crippen LogP contribution is 2.26. The van der Waals surface area contributed by atoms with Gasteiger partial charge < -0.3 is 9.73 Å². The van der Waals surface area contributed by atoms with Gasteiger partial charge in [-0.05, 0) is 43.5 Å². The highest BCUT2D eigenvalue weighted by molar-refractivity contribution is 8.00. The molecule has 1 aromatic heterocycles. The topological polar surface area (TPSA) is 102 Å². The molecule has 10 heteroatoms. The Hall–Kier alpha value is -1.94. The van der Waals surface area contributed by atoms with Gasteiger partial charge in [0.1, 0.15) is 5.82 Å². The van der Waals surface area contributed by atoms with E-state index in [9.17, 15) is 17.6 Å². The Labute approximate surface area is 154 Å². The molecule has 1 fully saturated rings. The van der Waals surface area contributed by atoms with Gasteiger partial charge in [0.2, 0.25) is 11.8 Å². The zero-order valence-corrected chi connectivity index (χ0v) is 15.6. The van der Waals surface area contributed by atoms with Crippen molar-refractivity contribution >= 4 is 33.2 Å². The maximum Gasteiger partial charge on any atom is 0.277 e. The number of nitrogens with zero attached hydrogens (tertiary/aromatic N) is 2. The van der Waals surface area contributed by atoms with Crippen LogP contribution in [-0.2, 0) is 21.1 Å². The lowest BCUT2D eigenvalue weighted by Crippen LogP contribution is -2.22. The molecule has 2 atom stereocenters. The molecule has 3 rings (SSSR count). The molecule has 1 amide bonds. The summed E-state index contributed by atoms with van der Waals surface area (Å²) in [6.45, 7) is 1.69. The number of sulfone groups is 1. The zero-order valence-electron chi connectivity index (χ0n) is 14.0. The van der Waals surface area contributed by atoms with E-state index in [4.69, 9.17) is 4.42 Å². The van der Waals surface area contributed by atoms with Crippen LogP contribution in [0.1, 0.15) is 19.2 Å². The summed E-state index contributed by atoms with van der Waals surface area (Å²) in [6, 6.07) is 5.48. The Balaban J connectivity index is 1.53. The van der Waals surface area contributed by atoms with Gasteiger partial charge in [0.05, 0.1) is 16.8 Å². The number of carbonyl (C=O) groups excluding carboxylic acids is 1. The summed E-state index contributed by atoms with van der Waals surface area (Å²) in [5.74, 6) is 0.0721. The van der Waals surface area contributed by atoms with Gasteiger partial charge in [-0.25, -0.2) is 12.8 Å². The second kappa shape index (κ2) is 7.75. The lowest BCUT2D eigenvalue weighted by atomic mass is 10.1. The van der Waals surface area contributed by atoms with Crippen molar-refractivity contribution < 1.29 is 22.0 Å². The van der Waals surface area contributed by atoms with Crippen LogP contribution >= 0.6 is 11.8 Å². The molecule has 0 bridgehead atoms. The van der Waals surface area contributed by atoms with E-state index in [1.807, 2.05) is 0 Å². The van der Waals surface area contributed by atoms with Gasteiger partial charge in [-0.1, -0.05) is 11.8 Å². The third kappa shape index (κ3) is 5.04. The van der Waals surface area contributed by atoms with Gasteiger partial charge in [-0.3, -0.25) is 4.79 Å². The van der Waals surface area contributed by atoms with Crippen LogP contribution in [0.25, 0.3) is 0 Å². The lowest BCUT2D eigenvalue weighted by molar-refractivity contribution is -0.115. The SMILES string of the molecule is CC(Sc1nnc(CC2CCS(=O)(=O)C2)o1)C(=O)Nc1ccc(F)cc1. The van der Waals surface area contributed by atoms with Crippen LogP contribution in [0.4, 0.5) is 10.1 Å². The minimum Gasteiger partial charge on any atom is -0.416 e. The molecule has 1 saturated heterocycles. The fraction of sp³-hybridized carbons (Fsp3) is 0.438. The highest BCUT2D eigenvalue weighted by atomic mass is 32.2. The first-order valence-corrected chi connectivity index (χ1v) is 10.8. The van der Waals surface area contributed by atoms with Crippen LogP contribution in [-0.4, -0.2) is 41.3 Å². The van der Waals surface area contributed by atoms with Crippen molar-refractivity contribution in [2.75, 3.05) is 16.8 Å². The molecule has 0 radical (unpaired) electrons. The molecule has 1 aromatic carbocycles. The smallest absolute Gasteiger partial charge is 0.277 e. The number of hydrogen-bond acceptors (Lipinski definition) is 7. The molecule has 2 unspecified atom stereocenters. The van der Waals surface area contributed by atoms with E-state index in [1.54, 1.807) is 6.92 Å². The number of amides is 1. The summed E-state index contributed by atoms with van der Waals surface area (Å²) in [7, 11) is -2.94. The average molecular weight is 399 g/mol. The average Bonchev–Trinajstić information content (AvgIpc) is 3.15. The van der Waals surface area contributed by atoms with Gasteiger partial charge in [0.15, 0.2) is 9.84 Å². The van der Waals surface area contributed by atoms with Gasteiger partial charge in [0, 0.05) is 12.1 Å². The Kier molecular flexibility index (Phi) is 5.61. The number of anilines is 1. The summed E-state index contributed by atoms with van der Waals surface area (Å²) >= 11 is 1.11. The maximum atomic E-state index is 12.9. The van der Waals surface area contributed by atoms with E-state index in [0.717, 1.165) is 11.8 Å². The van der Waals surface area contributed by atoms with Crippen molar-refractivity contribution in [1.82, 2.24) is 10.2 Å². The van der Waals surface area contributed by atoms with Crippen molar-refractivity contribution in [2.24, 2.45) is 5.92 Å². The Morgan fingerprint density at radius 1 is 1.38 bits per heavy atom. The second-order valence-corrected chi connectivity index (χ2v) is 9.71. The molecule has 0 aliphatic carbocycles. The van der Waals surface area contributed by atoms with Crippen LogP contribution in [0.15, 0.2) is 33.9 Å². The van der Waals surface area contributed by atoms with Gasteiger partial charge in [0.25, 0.3) is 5.22 Å². The van der Waals surface area contributed by atoms with Gasteiger partial charge in [-0.15, -0.1) is 10.2 Å². The first kappa shape index (κ1) is 18.8. The molecule has 0 saturated carbocycles. The van der Waals surface area contributed by atoms with Gasteiger partial charge >= 0.3 is 0 Å². The summed E-state index contributed by atoms with van der Waals surface area (Å²) in [5.41, 5.74) is 0.498. The quantitative estimate of drug-likeness (QED) is 0.744.